The molecule has 0 aromatic heterocycles. The lowest BCUT2D eigenvalue weighted by Crippen LogP contribution is -2.30. The van der Waals surface area contributed by atoms with Crippen molar-refractivity contribution in [3.8, 4) is 0 Å². The van der Waals surface area contributed by atoms with Gasteiger partial charge in [-0.2, -0.15) is 0 Å². The molecule has 0 aliphatic carbocycles. The van der Waals surface area contributed by atoms with Gasteiger partial charge in [-0.15, -0.1) is 0 Å². The molecule has 6 nitrogen and oxygen atoms in total. The van der Waals surface area contributed by atoms with Gasteiger partial charge in [0.25, 0.3) is 0 Å². The summed E-state index contributed by atoms with van der Waals surface area (Å²) in [4.78, 5) is 38.4. The van der Waals surface area contributed by atoms with Crippen LogP contribution in [0, 0.1) is 0 Å². The Balaban J connectivity index is 4.41. The highest BCUT2D eigenvalue weighted by Gasteiger charge is 2.19. The summed E-state index contributed by atoms with van der Waals surface area (Å²) in [7, 11) is 0. The van der Waals surface area contributed by atoms with Gasteiger partial charge in [0.15, 0.2) is 6.10 Å². The van der Waals surface area contributed by atoms with Crippen LogP contribution in [-0.4, -0.2) is 37.2 Å². The quantitative estimate of drug-likeness (QED) is 0.0261. The van der Waals surface area contributed by atoms with Gasteiger partial charge in [0, 0.05) is 19.3 Å². The van der Waals surface area contributed by atoms with Crippen LogP contribution in [0.25, 0.3) is 0 Å². The minimum Gasteiger partial charge on any atom is -0.462 e. The zero-order valence-corrected chi connectivity index (χ0v) is 51.7. The standard InChI is InChI=1S/C72H126O6/c1-4-7-10-13-16-19-22-25-28-31-33-35-36-38-39-41-44-47-50-53-56-59-62-65-71(74)77-68-69(67-76-70(73)64-61-58-55-52-49-46-43-30-27-24-21-18-15-12-9-6-3)78-72(75)66-63-60-57-54-51-48-45-42-40-37-34-32-29-26-23-20-17-14-11-8-5-2/h8,11,17,20,26,29,31,33-34,37,42,45,51,54,69H,4-7,9-10,12-16,18-19,21-25,27-28,30,32,35-36,38-41,43-44,46-50,52-53,55-68H2,1-3H3/b11-8-,20-17-,29-26-,33-31-,37-34-,45-42-,54-51-. The van der Waals surface area contributed by atoms with Crippen molar-refractivity contribution in [2.75, 3.05) is 13.2 Å². The van der Waals surface area contributed by atoms with E-state index in [0.29, 0.717) is 19.3 Å². The van der Waals surface area contributed by atoms with E-state index in [9.17, 15) is 14.4 Å². The van der Waals surface area contributed by atoms with Crippen molar-refractivity contribution in [2.45, 2.75) is 341 Å². The Morgan fingerprint density at radius 3 is 0.821 bits per heavy atom. The Morgan fingerprint density at radius 1 is 0.269 bits per heavy atom. The fourth-order valence-electron chi connectivity index (χ4n) is 9.62. The predicted molar refractivity (Wildman–Crippen MR) is 339 cm³/mol. The van der Waals surface area contributed by atoms with Crippen LogP contribution in [0.15, 0.2) is 85.1 Å². The first-order chi connectivity index (χ1) is 38.5. The molecule has 6 heteroatoms. The summed E-state index contributed by atoms with van der Waals surface area (Å²) in [6, 6.07) is 0. The summed E-state index contributed by atoms with van der Waals surface area (Å²) >= 11 is 0. The maximum Gasteiger partial charge on any atom is 0.306 e. The second-order valence-corrected chi connectivity index (χ2v) is 22.4. The second kappa shape index (κ2) is 66.1. The first kappa shape index (κ1) is 74.6. The molecule has 0 aromatic carbocycles. The summed E-state index contributed by atoms with van der Waals surface area (Å²) in [6.07, 6.45) is 87.4. The molecule has 78 heavy (non-hydrogen) atoms. The Kier molecular flexibility index (Phi) is 63.2. The minimum absolute atomic E-state index is 0.0912. The number of hydrogen-bond acceptors (Lipinski definition) is 6. The van der Waals surface area contributed by atoms with E-state index < -0.39 is 6.10 Å². The van der Waals surface area contributed by atoms with Crippen molar-refractivity contribution in [1.29, 1.82) is 0 Å². The number of hydrogen-bond donors (Lipinski definition) is 0. The highest BCUT2D eigenvalue weighted by molar-refractivity contribution is 5.71. The van der Waals surface area contributed by atoms with Crippen LogP contribution < -0.4 is 0 Å². The number of ether oxygens (including phenoxy) is 3. The van der Waals surface area contributed by atoms with Crippen molar-refractivity contribution in [3.05, 3.63) is 85.1 Å². The second-order valence-electron chi connectivity index (χ2n) is 22.4. The van der Waals surface area contributed by atoms with Gasteiger partial charge >= 0.3 is 17.9 Å². The van der Waals surface area contributed by atoms with Gasteiger partial charge in [-0.1, -0.05) is 305 Å². The molecule has 0 saturated heterocycles. The highest BCUT2D eigenvalue weighted by atomic mass is 16.6. The Hall–Kier alpha value is -3.41. The van der Waals surface area contributed by atoms with Crippen LogP contribution in [0.2, 0.25) is 0 Å². The molecule has 1 atom stereocenters. The van der Waals surface area contributed by atoms with E-state index in [2.05, 4.69) is 106 Å². The van der Waals surface area contributed by atoms with Gasteiger partial charge in [-0.05, 0) is 96.3 Å². The van der Waals surface area contributed by atoms with Crippen molar-refractivity contribution in [1.82, 2.24) is 0 Å². The third-order valence-electron chi connectivity index (χ3n) is 14.6. The van der Waals surface area contributed by atoms with Crippen molar-refractivity contribution >= 4 is 17.9 Å². The first-order valence-electron chi connectivity index (χ1n) is 33.6. The van der Waals surface area contributed by atoms with E-state index in [0.717, 1.165) is 89.9 Å². The summed E-state index contributed by atoms with van der Waals surface area (Å²) in [5.41, 5.74) is 0. The molecule has 0 aliphatic rings. The lowest BCUT2D eigenvalue weighted by atomic mass is 10.0. The molecule has 0 heterocycles. The van der Waals surface area contributed by atoms with E-state index in [4.69, 9.17) is 14.2 Å². The summed E-state index contributed by atoms with van der Waals surface area (Å²) in [5.74, 6) is -0.919. The fraction of sp³-hybridized carbons (Fsp3) is 0.764. The van der Waals surface area contributed by atoms with Crippen LogP contribution in [0.4, 0.5) is 0 Å². The van der Waals surface area contributed by atoms with Crippen LogP contribution >= 0.6 is 0 Å². The van der Waals surface area contributed by atoms with E-state index >= 15 is 0 Å². The Morgan fingerprint density at radius 2 is 0.500 bits per heavy atom. The molecule has 0 amide bonds. The average molecular weight is 1090 g/mol. The molecule has 0 aromatic rings. The first-order valence-corrected chi connectivity index (χ1v) is 33.6. The third kappa shape index (κ3) is 63.4. The molecule has 450 valence electrons. The smallest absolute Gasteiger partial charge is 0.306 e. The molecule has 0 rings (SSSR count). The average Bonchev–Trinajstić information content (AvgIpc) is 3.44. The van der Waals surface area contributed by atoms with E-state index in [1.807, 2.05) is 0 Å². The number of esters is 3. The molecular weight excluding hydrogens is 961 g/mol. The SMILES string of the molecule is CC/C=C\C/C=C\C/C=C\C/C=C\C/C=C\C/C=C\CCCCC(=O)OC(COC(=O)CCCCCCCCCCCCC/C=C\CCCCCCCCCC)COC(=O)CCCCCCCCCCCCCCCCCC. The largest absolute Gasteiger partial charge is 0.462 e. The zero-order chi connectivity index (χ0) is 56.4. The molecule has 0 bridgehead atoms. The number of carbonyl (C=O) groups is 3. The lowest BCUT2D eigenvalue weighted by molar-refractivity contribution is -0.167. The zero-order valence-electron chi connectivity index (χ0n) is 51.7. The maximum atomic E-state index is 12.9. The summed E-state index contributed by atoms with van der Waals surface area (Å²) < 4.78 is 16.9. The van der Waals surface area contributed by atoms with E-state index in [1.54, 1.807) is 0 Å². The van der Waals surface area contributed by atoms with Gasteiger partial charge in [0.05, 0.1) is 0 Å². The van der Waals surface area contributed by atoms with Crippen LogP contribution in [0.1, 0.15) is 335 Å². The van der Waals surface area contributed by atoms with E-state index in [1.165, 1.54) is 199 Å². The Bertz CT molecular complexity index is 1480. The van der Waals surface area contributed by atoms with Gasteiger partial charge in [-0.25, -0.2) is 0 Å². The number of rotatable bonds is 61. The van der Waals surface area contributed by atoms with Crippen molar-refractivity contribution < 1.29 is 28.6 Å². The van der Waals surface area contributed by atoms with E-state index in [-0.39, 0.29) is 37.5 Å². The Labute approximate surface area is 484 Å². The van der Waals surface area contributed by atoms with Crippen LogP contribution in [0.5, 0.6) is 0 Å². The lowest BCUT2D eigenvalue weighted by Gasteiger charge is -2.18. The number of allylic oxidation sites excluding steroid dienone is 14. The third-order valence-corrected chi connectivity index (χ3v) is 14.6. The van der Waals surface area contributed by atoms with Gasteiger partial charge < -0.3 is 14.2 Å². The molecule has 1 unspecified atom stereocenters. The molecule has 0 radical (unpaired) electrons. The molecule has 0 N–H and O–H groups in total. The predicted octanol–water partition coefficient (Wildman–Crippen LogP) is 23.1. The van der Waals surface area contributed by atoms with Crippen molar-refractivity contribution in [3.63, 3.8) is 0 Å². The minimum atomic E-state index is -0.800. The van der Waals surface area contributed by atoms with Gasteiger partial charge in [0.1, 0.15) is 13.2 Å². The monoisotopic (exact) mass is 1090 g/mol. The molecule has 0 spiro atoms. The topological polar surface area (TPSA) is 78.9 Å². The maximum absolute atomic E-state index is 12.9. The molecule has 0 saturated carbocycles. The highest BCUT2D eigenvalue weighted by Crippen LogP contribution is 2.17. The van der Waals surface area contributed by atoms with Crippen LogP contribution in [-0.2, 0) is 28.6 Å². The van der Waals surface area contributed by atoms with Crippen LogP contribution in [0.3, 0.4) is 0 Å². The normalized spacial score (nSPS) is 12.6. The number of carbonyl (C=O) groups excluding carboxylic acids is 3. The molecule has 0 fully saturated rings. The summed E-state index contributed by atoms with van der Waals surface area (Å²) in [6.45, 7) is 6.54. The molecular formula is C72H126O6. The van der Waals surface area contributed by atoms with Gasteiger partial charge in [0.2, 0.25) is 0 Å². The fourth-order valence-corrected chi connectivity index (χ4v) is 9.62. The van der Waals surface area contributed by atoms with Gasteiger partial charge in [-0.3, -0.25) is 14.4 Å². The number of unbranched alkanes of at least 4 members (excludes halogenated alkanes) is 36. The van der Waals surface area contributed by atoms with Crippen molar-refractivity contribution in [2.24, 2.45) is 0 Å². The molecule has 0 aliphatic heterocycles. The summed E-state index contributed by atoms with van der Waals surface area (Å²) in [5, 5.41) is 0.